The zero-order valence-corrected chi connectivity index (χ0v) is 15.3. The van der Waals surface area contributed by atoms with Crippen LogP contribution in [0, 0.1) is 27.7 Å². The van der Waals surface area contributed by atoms with E-state index in [-0.39, 0.29) is 5.56 Å². The summed E-state index contributed by atoms with van der Waals surface area (Å²) in [5.74, 6) is 0.841. The fourth-order valence-corrected chi connectivity index (χ4v) is 4.46. The van der Waals surface area contributed by atoms with E-state index in [4.69, 9.17) is 4.98 Å². The molecule has 3 aromatic rings. The minimum atomic E-state index is 0.112. The van der Waals surface area contributed by atoms with E-state index >= 15 is 0 Å². The van der Waals surface area contributed by atoms with E-state index in [2.05, 4.69) is 45.0 Å². The Morgan fingerprint density at radius 1 is 1.21 bits per heavy atom. The first kappa shape index (κ1) is 15.3. The molecule has 0 bridgehead atoms. The van der Waals surface area contributed by atoms with Crippen LogP contribution < -0.4 is 5.56 Å². The van der Waals surface area contributed by atoms with Crippen LogP contribution in [0.1, 0.15) is 39.4 Å². The summed E-state index contributed by atoms with van der Waals surface area (Å²) in [7, 11) is 0. The lowest BCUT2D eigenvalue weighted by molar-refractivity contribution is 0.726. The molecule has 122 valence electrons. The number of allylic oxidation sites excluding steroid dienone is 1. The van der Waals surface area contributed by atoms with E-state index in [0.29, 0.717) is 0 Å². The highest BCUT2D eigenvalue weighted by Gasteiger charge is 2.23. The van der Waals surface area contributed by atoms with Crippen molar-refractivity contribution >= 4 is 33.2 Å². The number of fused-ring (bicyclic) bond motifs is 2. The van der Waals surface area contributed by atoms with Crippen molar-refractivity contribution < 1.29 is 0 Å². The van der Waals surface area contributed by atoms with Gasteiger partial charge in [0.15, 0.2) is 0 Å². The third-order valence-corrected chi connectivity index (χ3v) is 6.04. The maximum absolute atomic E-state index is 12.9. The van der Waals surface area contributed by atoms with Gasteiger partial charge in [-0.1, -0.05) is 23.8 Å². The second-order valence-electron chi connectivity index (χ2n) is 6.64. The third-order valence-electron chi connectivity index (χ3n) is 4.94. The molecule has 3 nitrogen and oxygen atoms in total. The first-order valence-corrected chi connectivity index (χ1v) is 9.06. The lowest BCUT2D eigenvalue weighted by Gasteiger charge is -2.05. The van der Waals surface area contributed by atoms with Gasteiger partial charge in [-0.05, 0) is 62.5 Å². The van der Waals surface area contributed by atoms with Crippen LogP contribution in [0.25, 0.3) is 21.9 Å². The van der Waals surface area contributed by atoms with E-state index in [1.165, 1.54) is 21.6 Å². The van der Waals surface area contributed by atoms with Gasteiger partial charge in [0.25, 0.3) is 5.56 Å². The van der Waals surface area contributed by atoms with Crippen LogP contribution in [0.2, 0.25) is 0 Å². The van der Waals surface area contributed by atoms with Gasteiger partial charge in [-0.2, -0.15) is 0 Å². The lowest BCUT2D eigenvalue weighted by Crippen LogP contribution is -2.20. The Morgan fingerprint density at radius 3 is 2.75 bits per heavy atom. The van der Waals surface area contributed by atoms with Gasteiger partial charge < -0.3 is 0 Å². The normalized spacial score (nSPS) is 15.4. The Hall–Kier alpha value is -2.20. The molecule has 24 heavy (non-hydrogen) atoms. The molecule has 0 amide bonds. The average molecular weight is 336 g/mol. The van der Waals surface area contributed by atoms with Crippen molar-refractivity contribution in [3.8, 4) is 0 Å². The first-order valence-electron chi connectivity index (χ1n) is 8.24. The molecule has 0 radical (unpaired) electrons. The average Bonchev–Trinajstić information content (AvgIpc) is 3.05. The number of aromatic nitrogens is 2. The van der Waals surface area contributed by atoms with Crippen LogP contribution in [0.4, 0.5) is 0 Å². The monoisotopic (exact) mass is 336 g/mol. The van der Waals surface area contributed by atoms with Crippen LogP contribution in [-0.4, -0.2) is 9.55 Å². The maximum atomic E-state index is 12.9. The Bertz CT molecular complexity index is 1070. The maximum Gasteiger partial charge on any atom is 0.262 e. The summed E-state index contributed by atoms with van der Waals surface area (Å²) < 4.78 is 1.84. The van der Waals surface area contributed by atoms with Gasteiger partial charge in [-0.15, -0.1) is 11.3 Å². The molecule has 0 N–H and O–H groups in total. The molecule has 4 heteroatoms. The number of rotatable bonds is 1. The molecule has 4 rings (SSSR count). The van der Waals surface area contributed by atoms with Crippen molar-refractivity contribution in [2.75, 3.05) is 0 Å². The fourth-order valence-electron chi connectivity index (χ4n) is 3.44. The molecule has 0 unspecified atom stereocenters. The van der Waals surface area contributed by atoms with Crippen molar-refractivity contribution in [1.29, 1.82) is 0 Å². The molecule has 1 aromatic carbocycles. The Balaban J connectivity index is 1.91. The Kier molecular flexibility index (Phi) is 3.46. The van der Waals surface area contributed by atoms with Gasteiger partial charge in [-0.3, -0.25) is 9.36 Å². The van der Waals surface area contributed by atoms with Gasteiger partial charge in [0, 0.05) is 11.4 Å². The summed E-state index contributed by atoms with van der Waals surface area (Å²) in [6.07, 6.45) is 3.06. The van der Waals surface area contributed by atoms with Crippen LogP contribution in [-0.2, 0) is 6.54 Å². The standard InChI is InChI=1S/C20H20N2OS/c1-11-5-6-15(12(2)9-11)10-16-7-8-22-18(16)21-19-17(20(22)23)13(3)14(4)24-19/h5-6,9-10H,7-8H2,1-4H3/b16-10-. The van der Waals surface area contributed by atoms with Crippen molar-refractivity contribution in [2.24, 2.45) is 0 Å². The van der Waals surface area contributed by atoms with Gasteiger partial charge in [0.2, 0.25) is 0 Å². The highest BCUT2D eigenvalue weighted by molar-refractivity contribution is 7.18. The first-order chi connectivity index (χ1) is 11.5. The molecule has 1 aliphatic heterocycles. The molecule has 0 atom stereocenters. The highest BCUT2D eigenvalue weighted by atomic mass is 32.1. The zero-order valence-electron chi connectivity index (χ0n) is 14.4. The second kappa shape index (κ2) is 5.42. The predicted molar refractivity (Wildman–Crippen MR) is 102 cm³/mol. The summed E-state index contributed by atoms with van der Waals surface area (Å²) in [6, 6.07) is 6.47. The molecular formula is C20H20N2OS. The minimum absolute atomic E-state index is 0.112. The van der Waals surface area contributed by atoms with Gasteiger partial charge in [0.1, 0.15) is 10.7 Å². The Labute approximate surface area is 145 Å². The van der Waals surface area contributed by atoms with Crippen molar-refractivity contribution in [2.45, 2.75) is 40.7 Å². The molecule has 1 aliphatic rings. The summed E-state index contributed by atoms with van der Waals surface area (Å²) >= 11 is 1.62. The van der Waals surface area contributed by atoms with Gasteiger partial charge in [0.05, 0.1) is 5.39 Å². The summed E-state index contributed by atoms with van der Waals surface area (Å²) in [5, 5.41) is 0.800. The van der Waals surface area contributed by atoms with E-state index in [1.807, 2.05) is 11.5 Å². The van der Waals surface area contributed by atoms with Crippen molar-refractivity contribution in [1.82, 2.24) is 9.55 Å². The summed E-state index contributed by atoms with van der Waals surface area (Å²) in [4.78, 5) is 19.8. The van der Waals surface area contributed by atoms with Crippen LogP contribution in [0.3, 0.4) is 0 Å². The van der Waals surface area contributed by atoms with Crippen molar-refractivity contribution in [3.63, 3.8) is 0 Å². The number of benzene rings is 1. The van der Waals surface area contributed by atoms with Gasteiger partial charge >= 0.3 is 0 Å². The molecule has 0 aliphatic carbocycles. The van der Waals surface area contributed by atoms with Crippen molar-refractivity contribution in [3.05, 3.63) is 61.5 Å². The molecule has 0 saturated carbocycles. The van der Waals surface area contributed by atoms with Crippen LogP contribution in [0.5, 0.6) is 0 Å². The Morgan fingerprint density at radius 2 is 2.00 bits per heavy atom. The smallest absolute Gasteiger partial charge is 0.262 e. The number of nitrogens with zero attached hydrogens (tertiary/aromatic N) is 2. The van der Waals surface area contributed by atoms with Gasteiger partial charge in [-0.25, -0.2) is 4.98 Å². The summed E-state index contributed by atoms with van der Waals surface area (Å²) in [6.45, 7) is 9.04. The largest absolute Gasteiger partial charge is 0.292 e. The molecule has 2 aromatic heterocycles. The fraction of sp³-hybridized carbons (Fsp3) is 0.300. The second-order valence-corrected chi connectivity index (χ2v) is 7.84. The highest BCUT2D eigenvalue weighted by Crippen LogP contribution is 2.32. The van der Waals surface area contributed by atoms with E-state index in [1.54, 1.807) is 11.3 Å². The lowest BCUT2D eigenvalue weighted by atomic mass is 10.0. The van der Waals surface area contributed by atoms with E-state index in [9.17, 15) is 4.79 Å². The van der Waals surface area contributed by atoms with Crippen LogP contribution in [0.15, 0.2) is 23.0 Å². The SMILES string of the molecule is Cc1ccc(/C=C2/CCn3c2nc2sc(C)c(C)c2c3=O)c(C)c1. The molecule has 3 heterocycles. The number of aryl methyl sites for hydroxylation is 4. The summed E-state index contributed by atoms with van der Waals surface area (Å²) in [5.41, 5.74) is 6.08. The number of hydrogen-bond donors (Lipinski definition) is 0. The quantitative estimate of drug-likeness (QED) is 0.649. The molecule has 0 fully saturated rings. The molecular weight excluding hydrogens is 316 g/mol. The molecule has 0 saturated heterocycles. The zero-order chi connectivity index (χ0) is 17.0. The predicted octanol–water partition coefficient (Wildman–Crippen LogP) is 4.64. The third kappa shape index (κ3) is 2.25. The number of thiophene rings is 1. The van der Waals surface area contributed by atoms with E-state index in [0.717, 1.165) is 40.1 Å². The topological polar surface area (TPSA) is 34.9 Å². The molecule has 0 spiro atoms. The van der Waals surface area contributed by atoms with E-state index < -0.39 is 0 Å². The van der Waals surface area contributed by atoms with Crippen LogP contribution >= 0.6 is 11.3 Å². The number of hydrogen-bond acceptors (Lipinski definition) is 3. The minimum Gasteiger partial charge on any atom is -0.292 e.